The molecule has 1 fully saturated rings. The summed E-state index contributed by atoms with van der Waals surface area (Å²) in [6.45, 7) is 6.23. The number of nitrogens with one attached hydrogen (secondary N) is 3. The zero-order valence-corrected chi connectivity index (χ0v) is 18.6. The van der Waals surface area contributed by atoms with Gasteiger partial charge in [-0.1, -0.05) is 13.8 Å². The van der Waals surface area contributed by atoms with Crippen LogP contribution in [0.15, 0.2) is 24.4 Å². The Balaban J connectivity index is 1.52. The minimum absolute atomic E-state index is 0.0207. The number of ether oxygens (including phenoxy) is 2. The van der Waals surface area contributed by atoms with Crippen molar-refractivity contribution in [2.45, 2.75) is 52.4 Å². The number of amides is 2. The molecule has 1 aliphatic heterocycles. The van der Waals surface area contributed by atoms with Gasteiger partial charge in [0.25, 0.3) is 0 Å². The van der Waals surface area contributed by atoms with E-state index in [-0.39, 0.29) is 36.4 Å². The lowest BCUT2D eigenvalue weighted by Crippen LogP contribution is -2.46. The molecule has 1 saturated heterocycles. The summed E-state index contributed by atoms with van der Waals surface area (Å²) < 4.78 is 24.0. The van der Waals surface area contributed by atoms with E-state index in [0.29, 0.717) is 19.6 Å². The number of hydrogen-bond donors (Lipinski definition) is 3. The van der Waals surface area contributed by atoms with Crippen molar-refractivity contribution in [1.82, 2.24) is 15.6 Å². The van der Waals surface area contributed by atoms with E-state index >= 15 is 0 Å². The van der Waals surface area contributed by atoms with Crippen LogP contribution in [0.1, 0.15) is 39.2 Å². The quantitative estimate of drug-likeness (QED) is 0.485. The third-order valence-electron chi connectivity index (χ3n) is 5.61. The van der Waals surface area contributed by atoms with Crippen molar-refractivity contribution in [2.24, 2.45) is 11.8 Å². The van der Waals surface area contributed by atoms with E-state index in [1.54, 1.807) is 19.2 Å². The maximum Gasteiger partial charge on any atom is 0.310 e. The summed E-state index contributed by atoms with van der Waals surface area (Å²) in [6, 6.07) is 3.97. The fraction of sp³-hybridized carbons (Fsp3) is 0.522. The molecule has 8 nitrogen and oxygen atoms in total. The summed E-state index contributed by atoms with van der Waals surface area (Å²) in [4.78, 5) is 40.0. The van der Waals surface area contributed by atoms with E-state index < -0.39 is 24.2 Å². The Labute approximate surface area is 186 Å². The molecular formula is C23H30FN3O5. The number of H-pyrrole nitrogens is 1. The molecule has 0 radical (unpaired) electrons. The Morgan fingerprint density at radius 2 is 2.12 bits per heavy atom. The molecule has 1 aromatic carbocycles. The molecule has 2 heterocycles. The van der Waals surface area contributed by atoms with Crippen LogP contribution in [0.5, 0.6) is 0 Å². The molecule has 0 bridgehead atoms. The summed E-state index contributed by atoms with van der Waals surface area (Å²) in [6.07, 6.45) is 1.59. The summed E-state index contributed by atoms with van der Waals surface area (Å²) in [5.74, 6) is -1.94. The van der Waals surface area contributed by atoms with Crippen LogP contribution in [0, 0.1) is 17.7 Å². The first-order chi connectivity index (χ1) is 15.3. The Morgan fingerprint density at radius 3 is 2.84 bits per heavy atom. The van der Waals surface area contributed by atoms with Gasteiger partial charge >= 0.3 is 5.97 Å². The second-order valence-electron chi connectivity index (χ2n) is 8.29. The average Bonchev–Trinajstić information content (AvgIpc) is 3.28. The highest BCUT2D eigenvalue weighted by molar-refractivity contribution is 5.87. The van der Waals surface area contributed by atoms with Crippen molar-refractivity contribution in [2.75, 3.05) is 13.2 Å². The molecule has 32 heavy (non-hydrogen) atoms. The SMILES string of the molecule is CCOC1OC(=O)CC1NC(=O)C(CC(=O)NCCc1c[nH]c2ccc(F)cc12)C(C)C. The average molecular weight is 448 g/mol. The lowest BCUT2D eigenvalue weighted by Gasteiger charge is -2.24. The highest BCUT2D eigenvalue weighted by atomic mass is 19.1. The summed E-state index contributed by atoms with van der Waals surface area (Å²) in [5.41, 5.74) is 1.75. The van der Waals surface area contributed by atoms with Gasteiger partial charge < -0.3 is 25.1 Å². The van der Waals surface area contributed by atoms with Crippen LogP contribution in [0.3, 0.4) is 0 Å². The number of esters is 1. The van der Waals surface area contributed by atoms with Crippen LogP contribution in [0.2, 0.25) is 0 Å². The molecule has 0 aliphatic carbocycles. The number of halogens is 1. The Bertz CT molecular complexity index is 974. The molecule has 174 valence electrons. The molecule has 2 amide bonds. The van der Waals surface area contributed by atoms with Crippen LogP contribution >= 0.6 is 0 Å². The predicted octanol–water partition coefficient (Wildman–Crippen LogP) is 2.42. The Morgan fingerprint density at radius 1 is 1.34 bits per heavy atom. The highest BCUT2D eigenvalue weighted by Gasteiger charge is 2.38. The van der Waals surface area contributed by atoms with Crippen molar-refractivity contribution in [3.05, 3.63) is 35.8 Å². The predicted molar refractivity (Wildman–Crippen MR) is 116 cm³/mol. The maximum atomic E-state index is 13.5. The fourth-order valence-electron chi connectivity index (χ4n) is 3.86. The van der Waals surface area contributed by atoms with Crippen LogP contribution in [0.25, 0.3) is 10.9 Å². The number of carbonyl (C=O) groups excluding carboxylic acids is 3. The molecule has 1 aromatic heterocycles. The first-order valence-electron chi connectivity index (χ1n) is 10.9. The van der Waals surface area contributed by atoms with Crippen LogP contribution < -0.4 is 10.6 Å². The molecule has 0 spiro atoms. The second kappa shape index (κ2) is 10.6. The Hall–Kier alpha value is -2.94. The van der Waals surface area contributed by atoms with E-state index in [2.05, 4.69) is 15.6 Å². The molecular weight excluding hydrogens is 417 g/mol. The number of hydrogen-bond acceptors (Lipinski definition) is 5. The van der Waals surface area contributed by atoms with Gasteiger partial charge in [-0.25, -0.2) is 4.39 Å². The molecule has 1 aliphatic rings. The normalized spacial score (nSPS) is 19.2. The molecule has 2 aromatic rings. The van der Waals surface area contributed by atoms with E-state index in [1.807, 2.05) is 13.8 Å². The minimum Gasteiger partial charge on any atom is -0.433 e. The van der Waals surface area contributed by atoms with Gasteiger partial charge in [0.1, 0.15) is 11.9 Å². The van der Waals surface area contributed by atoms with Gasteiger partial charge in [-0.05, 0) is 43.0 Å². The minimum atomic E-state index is -0.806. The second-order valence-corrected chi connectivity index (χ2v) is 8.29. The standard InChI is InChI=1S/C23H30FN3O5/c1-4-31-23-19(11-21(29)32-23)27-22(30)16(13(2)3)10-20(28)25-8-7-14-12-26-18-6-5-15(24)9-17(14)18/h5-6,9,12-13,16,19,23,26H,4,7-8,10-11H2,1-3H3,(H,25,28)(H,27,30). The van der Waals surface area contributed by atoms with Gasteiger partial charge in [0, 0.05) is 42.6 Å². The number of aromatic nitrogens is 1. The first-order valence-corrected chi connectivity index (χ1v) is 10.9. The topological polar surface area (TPSA) is 110 Å². The maximum absolute atomic E-state index is 13.5. The summed E-state index contributed by atoms with van der Waals surface area (Å²) in [5, 5.41) is 6.43. The van der Waals surface area contributed by atoms with Crippen molar-refractivity contribution in [1.29, 1.82) is 0 Å². The largest absolute Gasteiger partial charge is 0.433 e. The van der Waals surface area contributed by atoms with Gasteiger partial charge in [0.15, 0.2) is 0 Å². The number of rotatable bonds is 10. The van der Waals surface area contributed by atoms with Crippen LogP contribution in [-0.4, -0.2) is 48.3 Å². The number of benzene rings is 1. The number of fused-ring (bicyclic) bond motifs is 1. The first kappa shape index (κ1) is 23.7. The van der Waals surface area contributed by atoms with Crippen LogP contribution in [0.4, 0.5) is 4.39 Å². The summed E-state index contributed by atoms with van der Waals surface area (Å²) >= 11 is 0. The summed E-state index contributed by atoms with van der Waals surface area (Å²) in [7, 11) is 0. The molecule has 3 rings (SSSR count). The fourth-order valence-corrected chi connectivity index (χ4v) is 3.86. The van der Waals surface area contributed by atoms with Crippen molar-refractivity contribution in [3.63, 3.8) is 0 Å². The number of cyclic esters (lactones) is 1. The molecule has 3 atom stereocenters. The molecule has 3 N–H and O–H groups in total. The lowest BCUT2D eigenvalue weighted by molar-refractivity contribution is -0.164. The number of aromatic amines is 1. The van der Waals surface area contributed by atoms with Gasteiger partial charge in [-0.15, -0.1) is 0 Å². The van der Waals surface area contributed by atoms with E-state index in [1.165, 1.54) is 12.1 Å². The van der Waals surface area contributed by atoms with Crippen LogP contribution in [-0.2, 0) is 30.3 Å². The van der Waals surface area contributed by atoms with Crippen molar-refractivity contribution >= 4 is 28.7 Å². The Kier molecular flexibility index (Phi) is 7.84. The smallest absolute Gasteiger partial charge is 0.310 e. The molecule has 0 saturated carbocycles. The van der Waals surface area contributed by atoms with Gasteiger partial charge in [0.05, 0.1) is 6.42 Å². The molecule has 3 unspecified atom stereocenters. The van der Waals surface area contributed by atoms with Gasteiger partial charge in [-0.3, -0.25) is 14.4 Å². The van der Waals surface area contributed by atoms with Crippen molar-refractivity contribution in [3.8, 4) is 0 Å². The zero-order valence-electron chi connectivity index (χ0n) is 18.6. The lowest BCUT2D eigenvalue weighted by atomic mass is 9.91. The highest BCUT2D eigenvalue weighted by Crippen LogP contribution is 2.21. The zero-order chi connectivity index (χ0) is 23.3. The van der Waals surface area contributed by atoms with Gasteiger partial charge in [0.2, 0.25) is 18.1 Å². The third-order valence-corrected chi connectivity index (χ3v) is 5.61. The third kappa shape index (κ3) is 5.85. The van der Waals surface area contributed by atoms with Crippen molar-refractivity contribution < 1.29 is 28.2 Å². The number of carbonyl (C=O) groups is 3. The van der Waals surface area contributed by atoms with E-state index in [0.717, 1.165) is 16.5 Å². The van der Waals surface area contributed by atoms with Gasteiger partial charge in [-0.2, -0.15) is 0 Å². The van der Waals surface area contributed by atoms with E-state index in [4.69, 9.17) is 9.47 Å². The van der Waals surface area contributed by atoms with E-state index in [9.17, 15) is 18.8 Å². The monoisotopic (exact) mass is 447 g/mol. The molecule has 9 heteroatoms.